The molecule has 0 unspecified atom stereocenters. The lowest BCUT2D eigenvalue weighted by Crippen LogP contribution is -2.07. The maximum atomic E-state index is 13.9. The summed E-state index contributed by atoms with van der Waals surface area (Å²) in [4.78, 5) is 8.47. The average molecular weight is 275 g/mol. The van der Waals surface area contributed by atoms with Gasteiger partial charge in [0.1, 0.15) is 5.75 Å². The summed E-state index contributed by atoms with van der Waals surface area (Å²) in [5, 5.41) is 2.91. The normalized spacial score (nSPS) is 10.4. The second-order valence-electron chi connectivity index (χ2n) is 4.53. The van der Waals surface area contributed by atoms with Crippen LogP contribution in [0.3, 0.4) is 0 Å². The quantitative estimate of drug-likeness (QED) is 0.929. The third-order valence-electron chi connectivity index (χ3n) is 2.96. The zero-order valence-electron chi connectivity index (χ0n) is 12.1. The largest absolute Gasteiger partial charge is 0.496 e. The highest BCUT2D eigenvalue weighted by atomic mass is 19.1. The lowest BCUT2D eigenvalue weighted by molar-refractivity contribution is 0.416. The number of ether oxygens (including phenoxy) is 1. The number of nitrogens with zero attached hydrogens (tertiary/aromatic N) is 2. The maximum Gasteiger partial charge on any atom is 0.186 e. The number of aromatic nitrogens is 2. The van der Waals surface area contributed by atoms with Gasteiger partial charge >= 0.3 is 0 Å². The number of anilines is 1. The molecule has 20 heavy (non-hydrogen) atoms. The van der Waals surface area contributed by atoms with Gasteiger partial charge in [-0.05, 0) is 38.5 Å². The van der Waals surface area contributed by atoms with Crippen LogP contribution in [0.1, 0.15) is 18.2 Å². The van der Waals surface area contributed by atoms with Gasteiger partial charge in [-0.2, -0.15) is 0 Å². The molecule has 0 bridgehead atoms. The number of hydrogen-bond donors (Lipinski definition) is 1. The lowest BCUT2D eigenvalue weighted by Gasteiger charge is -2.12. The second kappa shape index (κ2) is 5.86. The highest BCUT2D eigenvalue weighted by molar-refractivity contribution is 5.66. The standard InChI is InChI=1S/C15H18FN3O/c1-5-17-15-13(16)10(3)18-14(19-15)11-7-6-9(2)8-12(11)20-4/h6-8H,5H2,1-4H3,(H,17,18,19). The van der Waals surface area contributed by atoms with Gasteiger partial charge in [0, 0.05) is 6.54 Å². The summed E-state index contributed by atoms with van der Waals surface area (Å²) in [6, 6.07) is 5.74. The van der Waals surface area contributed by atoms with E-state index in [1.54, 1.807) is 14.0 Å². The minimum absolute atomic E-state index is 0.220. The molecule has 2 aromatic rings. The average Bonchev–Trinajstić information content (AvgIpc) is 2.43. The van der Waals surface area contributed by atoms with E-state index >= 15 is 0 Å². The smallest absolute Gasteiger partial charge is 0.186 e. The zero-order chi connectivity index (χ0) is 14.7. The van der Waals surface area contributed by atoms with E-state index in [0.717, 1.165) is 11.1 Å². The molecule has 0 fully saturated rings. The Morgan fingerprint density at radius 1 is 1.25 bits per heavy atom. The fourth-order valence-electron chi connectivity index (χ4n) is 1.95. The summed E-state index contributed by atoms with van der Waals surface area (Å²) in [6.45, 7) is 6.09. The van der Waals surface area contributed by atoms with E-state index in [9.17, 15) is 4.39 Å². The number of nitrogens with one attached hydrogen (secondary N) is 1. The SMILES string of the molecule is CCNc1nc(-c2ccc(C)cc2OC)nc(C)c1F. The van der Waals surface area contributed by atoms with Crippen LogP contribution in [0, 0.1) is 19.7 Å². The molecule has 0 aliphatic carbocycles. The third-order valence-corrected chi connectivity index (χ3v) is 2.96. The van der Waals surface area contributed by atoms with Crippen molar-refractivity contribution >= 4 is 5.82 Å². The van der Waals surface area contributed by atoms with Crippen molar-refractivity contribution in [2.75, 3.05) is 19.0 Å². The van der Waals surface area contributed by atoms with Crippen molar-refractivity contribution in [2.45, 2.75) is 20.8 Å². The highest BCUT2D eigenvalue weighted by Crippen LogP contribution is 2.30. The number of halogens is 1. The number of aryl methyl sites for hydroxylation is 2. The van der Waals surface area contributed by atoms with E-state index in [2.05, 4.69) is 15.3 Å². The molecule has 0 amide bonds. The zero-order valence-corrected chi connectivity index (χ0v) is 12.1. The first-order valence-electron chi connectivity index (χ1n) is 6.49. The molecule has 0 saturated carbocycles. The van der Waals surface area contributed by atoms with Crippen LogP contribution in [-0.2, 0) is 0 Å². The van der Waals surface area contributed by atoms with E-state index in [1.807, 2.05) is 32.0 Å². The van der Waals surface area contributed by atoms with Crippen LogP contribution in [0.25, 0.3) is 11.4 Å². The molecule has 2 rings (SSSR count). The van der Waals surface area contributed by atoms with Gasteiger partial charge in [0.05, 0.1) is 18.4 Å². The molecule has 0 atom stereocenters. The topological polar surface area (TPSA) is 47.0 Å². The Morgan fingerprint density at radius 3 is 2.65 bits per heavy atom. The Hall–Kier alpha value is -2.17. The van der Waals surface area contributed by atoms with Crippen molar-refractivity contribution < 1.29 is 9.13 Å². The van der Waals surface area contributed by atoms with Crippen molar-refractivity contribution in [2.24, 2.45) is 0 Å². The van der Waals surface area contributed by atoms with Gasteiger partial charge in [0.15, 0.2) is 17.5 Å². The summed E-state index contributed by atoms with van der Waals surface area (Å²) in [5.74, 6) is 0.939. The third kappa shape index (κ3) is 2.71. The minimum atomic E-state index is -0.415. The van der Waals surface area contributed by atoms with Gasteiger partial charge in [-0.15, -0.1) is 0 Å². The van der Waals surface area contributed by atoms with Crippen molar-refractivity contribution in [3.8, 4) is 17.1 Å². The predicted octanol–water partition coefficient (Wildman–Crippen LogP) is 3.34. The molecule has 1 heterocycles. The molecule has 1 aromatic carbocycles. The summed E-state index contributed by atoms with van der Waals surface area (Å²) in [5.41, 5.74) is 2.14. The predicted molar refractivity (Wildman–Crippen MR) is 77.6 cm³/mol. The van der Waals surface area contributed by atoms with Crippen LogP contribution in [0.4, 0.5) is 10.2 Å². The molecule has 5 heteroatoms. The summed E-state index contributed by atoms with van der Waals surface area (Å²) >= 11 is 0. The molecule has 0 spiro atoms. The Balaban J connectivity index is 2.58. The number of hydrogen-bond acceptors (Lipinski definition) is 4. The van der Waals surface area contributed by atoms with E-state index in [4.69, 9.17) is 4.74 Å². The van der Waals surface area contributed by atoms with Gasteiger partial charge in [-0.3, -0.25) is 0 Å². The van der Waals surface area contributed by atoms with Gasteiger partial charge in [-0.25, -0.2) is 14.4 Å². The van der Waals surface area contributed by atoms with E-state index < -0.39 is 5.82 Å². The first-order valence-corrected chi connectivity index (χ1v) is 6.49. The molecule has 1 N–H and O–H groups in total. The summed E-state index contributed by atoms with van der Waals surface area (Å²) in [7, 11) is 1.60. The Bertz CT molecular complexity index is 629. The van der Waals surface area contributed by atoms with Crippen LogP contribution < -0.4 is 10.1 Å². The van der Waals surface area contributed by atoms with Gasteiger partial charge in [-0.1, -0.05) is 6.07 Å². The summed E-state index contributed by atoms with van der Waals surface area (Å²) < 4.78 is 19.3. The van der Waals surface area contributed by atoms with Crippen LogP contribution in [0.2, 0.25) is 0 Å². The number of benzene rings is 1. The molecule has 0 aliphatic heterocycles. The van der Waals surface area contributed by atoms with Gasteiger partial charge in [0.2, 0.25) is 0 Å². The fourth-order valence-corrected chi connectivity index (χ4v) is 1.95. The van der Waals surface area contributed by atoms with E-state index in [1.165, 1.54) is 0 Å². The fraction of sp³-hybridized carbons (Fsp3) is 0.333. The first-order chi connectivity index (χ1) is 9.56. The van der Waals surface area contributed by atoms with Gasteiger partial charge in [0.25, 0.3) is 0 Å². The molecular formula is C15H18FN3O. The Labute approximate surface area is 118 Å². The summed E-state index contributed by atoms with van der Waals surface area (Å²) in [6.07, 6.45) is 0. The number of methoxy groups -OCH3 is 1. The van der Waals surface area contributed by atoms with Crippen molar-refractivity contribution in [1.82, 2.24) is 9.97 Å². The number of rotatable bonds is 4. The monoisotopic (exact) mass is 275 g/mol. The molecule has 0 radical (unpaired) electrons. The van der Waals surface area contributed by atoms with E-state index in [-0.39, 0.29) is 5.82 Å². The van der Waals surface area contributed by atoms with Crippen LogP contribution >= 0.6 is 0 Å². The highest BCUT2D eigenvalue weighted by Gasteiger charge is 2.15. The molecular weight excluding hydrogens is 257 g/mol. The molecule has 0 saturated heterocycles. The molecule has 106 valence electrons. The lowest BCUT2D eigenvalue weighted by atomic mass is 10.1. The van der Waals surface area contributed by atoms with Crippen molar-refractivity contribution in [3.63, 3.8) is 0 Å². The van der Waals surface area contributed by atoms with Crippen LogP contribution in [-0.4, -0.2) is 23.6 Å². The first kappa shape index (κ1) is 14.2. The van der Waals surface area contributed by atoms with Crippen molar-refractivity contribution in [1.29, 1.82) is 0 Å². The molecule has 1 aromatic heterocycles. The molecule has 4 nitrogen and oxygen atoms in total. The Kier molecular flexibility index (Phi) is 4.17. The molecule has 0 aliphatic rings. The second-order valence-corrected chi connectivity index (χ2v) is 4.53. The minimum Gasteiger partial charge on any atom is -0.496 e. The van der Waals surface area contributed by atoms with E-state index in [0.29, 0.717) is 23.8 Å². The van der Waals surface area contributed by atoms with Crippen LogP contribution in [0.5, 0.6) is 5.75 Å². The maximum absolute atomic E-state index is 13.9. The van der Waals surface area contributed by atoms with Gasteiger partial charge < -0.3 is 10.1 Å². The van der Waals surface area contributed by atoms with Crippen molar-refractivity contribution in [3.05, 3.63) is 35.3 Å². The van der Waals surface area contributed by atoms with Crippen LogP contribution in [0.15, 0.2) is 18.2 Å². The Morgan fingerprint density at radius 2 is 2.00 bits per heavy atom.